The van der Waals surface area contributed by atoms with Crippen LogP contribution in [0.15, 0.2) is 24.3 Å². The van der Waals surface area contributed by atoms with Crippen LogP contribution in [0.4, 0.5) is 0 Å². The molecule has 0 aliphatic heterocycles. The first-order chi connectivity index (χ1) is 10.1. The summed E-state index contributed by atoms with van der Waals surface area (Å²) in [6.07, 6.45) is 3.31. The fourth-order valence-electron chi connectivity index (χ4n) is 2.97. The number of aliphatic hydroxyl groups excluding tert-OH is 1. The highest BCUT2D eigenvalue weighted by Gasteiger charge is 2.30. The number of nitrogens with one attached hydrogen (secondary N) is 1. The second kappa shape index (κ2) is 7.28. The van der Waals surface area contributed by atoms with Crippen molar-refractivity contribution in [2.75, 3.05) is 6.61 Å². The predicted octanol–water partition coefficient (Wildman–Crippen LogP) is 2.64. The van der Waals surface area contributed by atoms with E-state index in [0.29, 0.717) is 5.92 Å². The lowest BCUT2D eigenvalue weighted by atomic mass is 9.96. The van der Waals surface area contributed by atoms with Crippen LogP contribution in [0.3, 0.4) is 0 Å². The number of carbonyl (C=O) groups excluding carboxylic acids is 1. The lowest BCUT2D eigenvalue weighted by Gasteiger charge is -2.20. The van der Waals surface area contributed by atoms with Gasteiger partial charge < -0.3 is 10.4 Å². The molecule has 0 saturated heterocycles. The average Bonchev–Trinajstić information content (AvgIpc) is 2.91. The zero-order valence-corrected chi connectivity index (χ0v) is 12.7. The fraction of sp³-hybridized carbons (Fsp3) is 0.500. The molecule has 21 heavy (non-hydrogen) atoms. The first kappa shape index (κ1) is 15.6. The van der Waals surface area contributed by atoms with Crippen molar-refractivity contribution in [3.8, 4) is 11.8 Å². The largest absolute Gasteiger partial charge is 0.384 e. The highest BCUT2D eigenvalue weighted by atomic mass is 16.2. The van der Waals surface area contributed by atoms with Gasteiger partial charge in [-0.3, -0.25) is 4.79 Å². The number of benzene rings is 1. The van der Waals surface area contributed by atoms with E-state index in [0.717, 1.165) is 30.4 Å². The molecule has 3 heteroatoms. The van der Waals surface area contributed by atoms with E-state index < -0.39 is 0 Å². The van der Waals surface area contributed by atoms with Gasteiger partial charge in [0.1, 0.15) is 6.61 Å². The molecule has 1 saturated carbocycles. The predicted molar refractivity (Wildman–Crippen MR) is 83.5 cm³/mol. The molecule has 112 valence electrons. The topological polar surface area (TPSA) is 49.3 Å². The minimum absolute atomic E-state index is 0.0267. The summed E-state index contributed by atoms with van der Waals surface area (Å²) < 4.78 is 0. The quantitative estimate of drug-likeness (QED) is 0.839. The smallest absolute Gasteiger partial charge is 0.223 e. The maximum atomic E-state index is 12.3. The van der Waals surface area contributed by atoms with Gasteiger partial charge in [-0.15, -0.1) is 0 Å². The minimum atomic E-state index is -0.143. The van der Waals surface area contributed by atoms with Crippen LogP contribution in [0.2, 0.25) is 0 Å². The van der Waals surface area contributed by atoms with Gasteiger partial charge >= 0.3 is 0 Å². The molecule has 0 aromatic heterocycles. The van der Waals surface area contributed by atoms with E-state index in [1.165, 1.54) is 0 Å². The van der Waals surface area contributed by atoms with Crippen molar-refractivity contribution < 1.29 is 9.90 Å². The van der Waals surface area contributed by atoms with Crippen LogP contribution in [-0.4, -0.2) is 17.6 Å². The highest BCUT2D eigenvalue weighted by Crippen LogP contribution is 2.31. The molecular weight excluding hydrogens is 262 g/mol. The Bertz CT molecular complexity index is 556. The van der Waals surface area contributed by atoms with Gasteiger partial charge in [0.05, 0.1) is 6.04 Å². The number of carbonyl (C=O) groups is 1. The number of aliphatic hydroxyl groups is 1. The van der Waals surface area contributed by atoms with Gasteiger partial charge in [0.25, 0.3) is 0 Å². The molecule has 1 amide bonds. The molecular formula is C18H23NO2. The monoisotopic (exact) mass is 285 g/mol. The summed E-state index contributed by atoms with van der Waals surface area (Å²) in [5.41, 5.74) is 1.90. The van der Waals surface area contributed by atoms with Crippen LogP contribution in [0.5, 0.6) is 0 Å². The van der Waals surface area contributed by atoms with E-state index in [1.54, 1.807) is 0 Å². The van der Waals surface area contributed by atoms with Gasteiger partial charge in [-0.1, -0.05) is 37.3 Å². The number of rotatable bonds is 3. The molecule has 1 fully saturated rings. The van der Waals surface area contributed by atoms with Crippen LogP contribution in [0.1, 0.15) is 50.3 Å². The van der Waals surface area contributed by atoms with Crippen LogP contribution in [-0.2, 0) is 4.79 Å². The van der Waals surface area contributed by atoms with Crippen molar-refractivity contribution in [1.29, 1.82) is 0 Å². The first-order valence-corrected chi connectivity index (χ1v) is 7.62. The Hall–Kier alpha value is -1.79. The van der Waals surface area contributed by atoms with Gasteiger partial charge in [0.2, 0.25) is 5.91 Å². The average molecular weight is 285 g/mol. The molecule has 3 nitrogen and oxygen atoms in total. The van der Waals surface area contributed by atoms with Gasteiger partial charge in [-0.25, -0.2) is 0 Å². The Morgan fingerprint density at radius 2 is 2.29 bits per heavy atom. The Morgan fingerprint density at radius 3 is 2.95 bits per heavy atom. The third-order valence-corrected chi connectivity index (χ3v) is 4.26. The van der Waals surface area contributed by atoms with Gasteiger partial charge in [0, 0.05) is 11.5 Å². The third-order valence-electron chi connectivity index (χ3n) is 4.26. The van der Waals surface area contributed by atoms with Gasteiger partial charge in [0.15, 0.2) is 0 Å². The molecule has 1 aliphatic rings. The molecule has 1 aromatic rings. The van der Waals surface area contributed by atoms with Crippen LogP contribution in [0.25, 0.3) is 0 Å². The van der Waals surface area contributed by atoms with Crippen molar-refractivity contribution in [2.45, 2.75) is 39.2 Å². The number of hydrogen-bond donors (Lipinski definition) is 2. The van der Waals surface area contributed by atoms with Crippen LogP contribution >= 0.6 is 0 Å². The second-order valence-corrected chi connectivity index (χ2v) is 5.83. The summed E-state index contributed by atoms with van der Waals surface area (Å²) >= 11 is 0. The lowest BCUT2D eigenvalue weighted by Crippen LogP contribution is -2.33. The Labute approximate surface area is 126 Å². The summed E-state index contributed by atoms with van der Waals surface area (Å²) in [5, 5.41) is 11.9. The molecule has 2 N–H and O–H groups in total. The van der Waals surface area contributed by atoms with E-state index in [4.69, 9.17) is 5.11 Å². The minimum Gasteiger partial charge on any atom is -0.384 e. The Morgan fingerprint density at radius 1 is 1.48 bits per heavy atom. The normalized spacial score (nSPS) is 22.2. The number of amides is 1. The molecule has 0 radical (unpaired) electrons. The molecule has 0 bridgehead atoms. The van der Waals surface area contributed by atoms with Crippen molar-refractivity contribution in [1.82, 2.24) is 5.32 Å². The zero-order valence-electron chi connectivity index (χ0n) is 12.7. The molecule has 3 unspecified atom stereocenters. The van der Waals surface area contributed by atoms with E-state index in [1.807, 2.05) is 31.2 Å². The Balaban J connectivity index is 2.02. The summed E-state index contributed by atoms with van der Waals surface area (Å²) in [5.74, 6) is 6.34. The maximum Gasteiger partial charge on any atom is 0.223 e. The SMILES string of the molecule is CC(NC(=O)C1CCCC1C)c1cccc(C#CCO)c1. The van der Waals surface area contributed by atoms with Crippen LogP contribution < -0.4 is 5.32 Å². The first-order valence-electron chi connectivity index (χ1n) is 7.62. The highest BCUT2D eigenvalue weighted by molar-refractivity contribution is 5.79. The molecule has 1 aromatic carbocycles. The third kappa shape index (κ3) is 4.09. The zero-order chi connectivity index (χ0) is 15.2. The van der Waals surface area contributed by atoms with Crippen LogP contribution in [0, 0.1) is 23.7 Å². The standard InChI is InChI=1S/C18H23NO2/c1-13-6-3-10-17(13)18(21)19-14(2)16-9-4-7-15(12-16)8-5-11-20/h4,7,9,12-14,17,20H,3,6,10-11H2,1-2H3,(H,19,21). The summed E-state index contributed by atoms with van der Waals surface area (Å²) in [6, 6.07) is 7.76. The van der Waals surface area contributed by atoms with Crippen molar-refractivity contribution in [2.24, 2.45) is 11.8 Å². The van der Waals surface area contributed by atoms with E-state index in [9.17, 15) is 4.79 Å². The summed E-state index contributed by atoms with van der Waals surface area (Å²) in [7, 11) is 0. The summed E-state index contributed by atoms with van der Waals surface area (Å²) in [4.78, 5) is 12.3. The Kier molecular flexibility index (Phi) is 5.41. The molecule has 2 rings (SSSR count). The van der Waals surface area contributed by atoms with Crippen molar-refractivity contribution in [3.05, 3.63) is 35.4 Å². The maximum absolute atomic E-state index is 12.3. The second-order valence-electron chi connectivity index (χ2n) is 5.83. The molecule has 1 aliphatic carbocycles. The fourth-order valence-corrected chi connectivity index (χ4v) is 2.97. The van der Waals surface area contributed by atoms with Crippen molar-refractivity contribution >= 4 is 5.91 Å². The van der Waals surface area contributed by atoms with Gasteiger partial charge in [-0.2, -0.15) is 0 Å². The van der Waals surface area contributed by atoms with E-state index in [2.05, 4.69) is 24.1 Å². The van der Waals surface area contributed by atoms with E-state index in [-0.39, 0.29) is 24.5 Å². The van der Waals surface area contributed by atoms with Gasteiger partial charge in [-0.05, 0) is 43.4 Å². The van der Waals surface area contributed by atoms with Crippen molar-refractivity contribution in [3.63, 3.8) is 0 Å². The lowest BCUT2D eigenvalue weighted by molar-refractivity contribution is -0.126. The molecule has 0 heterocycles. The summed E-state index contributed by atoms with van der Waals surface area (Å²) in [6.45, 7) is 4.01. The number of hydrogen-bond acceptors (Lipinski definition) is 2. The molecule has 0 spiro atoms. The molecule has 3 atom stereocenters. The van der Waals surface area contributed by atoms with E-state index >= 15 is 0 Å².